The van der Waals surface area contributed by atoms with E-state index in [0.717, 1.165) is 24.8 Å². The summed E-state index contributed by atoms with van der Waals surface area (Å²) < 4.78 is 0. The molecule has 1 amide bonds. The maximum atomic E-state index is 12.2. The Morgan fingerprint density at radius 2 is 2.28 bits per heavy atom. The van der Waals surface area contributed by atoms with Gasteiger partial charge < -0.3 is 11.1 Å². The van der Waals surface area contributed by atoms with Gasteiger partial charge in [0.25, 0.3) is 0 Å². The minimum Gasteiger partial charge on any atom is -0.330 e. The highest BCUT2D eigenvalue weighted by molar-refractivity contribution is 6.33. The van der Waals surface area contributed by atoms with Gasteiger partial charge in [-0.2, -0.15) is 0 Å². The van der Waals surface area contributed by atoms with Crippen LogP contribution in [0.2, 0.25) is 5.02 Å². The molecule has 0 aliphatic heterocycles. The molecule has 1 fully saturated rings. The zero-order chi connectivity index (χ0) is 13.1. The van der Waals surface area contributed by atoms with E-state index in [0.29, 0.717) is 23.2 Å². The predicted octanol–water partition coefficient (Wildman–Crippen LogP) is 2.96. The van der Waals surface area contributed by atoms with Gasteiger partial charge in [0.1, 0.15) is 0 Å². The fraction of sp³-hybridized carbons (Fsp3) is 0.500. The molecule has 98 valence electrons. The summed E-state index contributed by atoms with van der Waals surface area (Å²) in [6.45, 7) is 2.56. The summed E-state index contributed by atoms with van der Waals surface area (Å²) >= 11 is 6.08. The Kier molecular flexibility index (Phi) is 4.25. The third-order valence-electron chi connectivity index (χ3n) is 3.68. The van der Waals surface area contributed by atoms with E-state index in [-0.39, 0.29) is 11.8 Å². The molecule has 4 heteroatoms. The Morgan fingerprint density at radius 3 is 3.00 bits per heavy atom. The summed E-state index contributed by atoms with van der Waals surface area (Å²) in [5.74, 6) is 0.399. The first-order valence-corrected chi connectivity index (χ1v) is 6.76. The number of anilines is 1. The van der Waals surface area contributed by atoms with Crippen molar-refractivity contribution in [2.45, 2.75) is 26.2 Å². The van der Waals surface area contributed by atoms with Crippen molar-refractivity contribution in [1.82, 2.24) is 0 Å². The Labute approximate surface area is 113 Å². The van der Waals surface area contributed by atoms with Gasteiger partial charge in [0.15, 0.2) is 0 Å². The molecule has 1 aromatic carbocycles. The fourth-order valence-electron chi connectivity index (χ4n) is 2.62. The second-order valence-corrected chi connectivity index (χ2v) is 5.41. The molecule has 0 bridgehead atoms. The largest absolute Gasteiger partial charge is 0.330 e. The van der Waals surface area contributed by atoms with Crippen LogP contribution < -0.4 is 11.1 Å². The molecule has 1 aliphatic rings. The van der Waals surface area contributed by atoms with Gasteiger partial charge in [0.2, 0.25) is 5.91 Å². The first kappa shape index (κ1) is 13.4. The van der Waals surface area contributed by atoms with Crippen molar-refractivity contribution in [2.24, 2.45) is 17.6 Å². The van der Waals surface area contributed by atoms with Crippen molar-refractivity contribution < 1.29 is 4.79 Å². The molecule has 0 aromatic heterocycles. The van der Waals surface area contributed by atoms with Crippen LogP contribution in [-0.4, -0.2) is 12.5 Å². The highest BCUT2D eigenvalue weighted by atomic mass is 35.5. The first-order valence-electron chi connectivity index (χ1n) is 6.39. The van der Waals surface area contributed by atoms with Crippen LogP contribution in [0.5, 0.6) is 0 Å². The molecule has 1 aromatic rings. The lowest BCUT2D eigenvalue weighted by Gasteiger charge is -2.18. The summed E-state index contributed by atoms with van der Waals surface area (Å²) in [4.78, 5) is 12.2. The van der Waals surface area contributed by atoms with E-state index in [1.54, 1.807) is 0 Å². The maximum absolute atomic E-state index is 12.2. The van der Waals surface area contributed by atoms with Crippen LogP contribution in [0.3, 0.4) is 0 Å². The summed E-state index contributed by atoms with van der Waals surface area (Å²) in [6.07, 6.45) is 3.06. The van der Waals surface area contributed by atoms with Gasteiger partial charge in [0.05, 0.1) is 10.7 Å². The smallest absolute Gasteiger partial charge is 0.227 e. The van der Waals surface area contributed by atoms with E-state index in [9.17, 15) is 4.79 Å². The van der Waals surface area contributed by atoms with Crippen LogP contribution in [0.25, 0.3) is 0 Å². The van der Waals surface area contributed by atoms with Crippen molar-refractivity contribution in [1.29, 1.82) is 0 Å². The molecule has 0 saturated heterocycles. The molecule has 18 heavy (non-hydrogen) atoms. The molecule has 2 unspecified atom stereocenters. The van der Waals surface area contributed by atoms with E-state index in [1.807, 2.05) is 25.1 Å². The van der Waals surface area contributed by atoms with Gasteiger partial charge in [-0.3, -0.25) is 4.79 Å². The minimum atomic E-state index is 0.0339. The topological polar surface area (TPSA) is 55.1 Å². The SMILES string of the molecule is Cc1ccc(Cl)c(NC(=O)C2CCCC2CN)c1. The molecule has 3 N–H and O–H groups in total. The maximum Gasteiger partial charge on any atom is 0.227 e. The second-order valence-electron chi connectivity index (χ2n) is 5.01. The third-order valence-corrected chi connectivity index (χ3v) is 4.01. The van der Waals surface area contributed by atoms with Crippen LogP contribution in [0.1, 0.15) is 24.8 Å². The van der Waals surface area contributed by atoms with Crippen molar-refractivity contribution in [3.63, 3.8) is 0 Å². The Morgan fingerprint density at radius 1 is 1.50 bits per heavy atom. The Balaban J connectivity index is 2.09. The fourth-order valence-corrected chi connectivity index (χ4v) is 2.79. The molecule has 0 heterocycles. The van der Waals surface area contributed by atoms with Crippen molar-refractivity contribution >= 4 is 23.2 Å². The highest BCUT2D eigenvalue weighted by Crippen LogP contribution is 2.32. The van der Waals surface area contributed by atoms with Crippen LogP contribution in [0.15, 0.2) is 18.2 Å². The van der Waals surface area contributed by atoms with Gasteiger partial charge in [-0.1, -0.05) is 24.1 Å². The Bertz CT molecular complexity index is 447. The number of halogens is 1. The van der Waals surface area contributed by atoms with E-state index in [1.165, 1.54) is 0 Å². The molecule has 1 aliphatic carbocycles. The van der Waals surface area contributed by atoms with Crippen molar-refractivity contribution in [2.75, 3.05) is 11.9 Å². The van der Waals surface area contributed by atoms with Gasteiger partial charge >= 0.3 is 0 Å². The molecule has 2 atom stereocenters. The monoisotopic (exact) mass is 266 g/mol. The second kappa shape index (κ2) is 5.72. The molecule has 2 rings (SSSR count). The minimum absolute atomic E-state index is 0.0339. The number of carbonyl (C=O) groups excluding carboxylic acids is 1. The summed E-state index contributed by atoms with van der Waals surface area (Å²) in [5.41, 5.74) is 7.48. The van der Waals surface area contributed by atoms with Crippen LogP contribution in [0, 0.1) is 18.8 Å². The number of benzene rings is 1. The molecular weight excluding hydrogens is 248 g/mol. The van der Waals surface area contributed by atoms with Crippen LogP contribution in [-0.2, 0) is 4.79 Å². The highest BCUT2D eigenvalue weighted by Gasteiger charge is 2.32. The number of aryl methyl sites for hydroxylation is 1. The number of nitrogens with one attached hydrogen (secondary N) is 1. The number of nitrogens with two attached hydrogens (primary N) is 1. The van der Waals surface area contributed by atoms with Gasteiger partial charge in [-0.25, -0.2) is 0 Å². The third kappa shape index (κ3) is 2.85. The zero-order valence-electron chi connectivity index (χ0n) is 10.6. The van der Waals surface area contributed by atoms with Crippen LogP contribution in [0.4, 0.5) is 5.69 Å². The lowest BCUT2D eigenvalue weighted by atomic mass is 9.95. The summed E-state index contributed by atoms with van der Waals surface area (Å²) in [6, 6.07) is 5.63. The van der Waals surface area contributed by atoms with E-state index in [4.69, 9.17) is 17.3 Å². The van der Waals surface area contributed by atoms with E-state index in [2.05, 4.69) is 5.32 Å². The summed E-state index contributed by atoms with van der Waals surface area (Å²) in [7, 11) is 0. The number of carbonyl (C=O) groups is 1. The average molecular weight is 267 g/mol. The Hall–Kier alpha value is -1.06. The van der Waals surface area contributed by atoms with Crippen molar-refractivity contribution in [3.05, 3.63) is 28.8 Å². The van der Waals surface area contributed by atoms with Crippen LogP contribution >= 0.6 is 11.6 Å². The predicted molar refractivity (Wildman–Crippen MR) is 74.7 cm³/mol. The standard InChI is InChI=1S/C14H19ClN2O/c1-9-5-6-12(15)13(7-9)17-14(18)11-4-2-3-10(11)8-16/h5-7,10-11H,2-4,8,16H2,1H3,(H,17,18). The van der Waals surface area contributed by atoms with Gasteiger partial charge in [0, 0.05) is 5.92 Å². The van der Waals surface area contributed by atoms with Gasteiger partial charge in [-0.05, 0) is 49.9 Å². The number of rotatable bonds is 3. The normalized spacial score (nSPS) is 23.1. The zero-order valence-corrected chi connectivity index (χ0v) is 11.3. The molecular formula is C14H19ClN2O. The molecule has 0 radical (unpaired) electrons. The van der Waals surface area contributed by atoms with Gasteiger partial charge in [-0.15, -0.1) is 0 Å². The first-order chi connectivity index (χ1) is 8.61. The lowest BCUT2D eigenvalue weighted by molar-refractivity contribution is -0.120. The summed E-state index contributed by atoms with van der Waals surface area (Å²) in [5, 5.41) is 3.51. The molecule has 0 spiro atoms. The quantitative estimate of drug-likeness (QED) is 0.884. The lowest BCUT2D eigenvalue weighted by Crippen LogP contribution is -2.29. The number of hydrogen-bond donors (Lipinski definition) is 2. The molecule has 1 saturated carbocycles. The average Bonchev–Trinajstić information content (AvgIpc) is 2.82. The number of amides is 1. The molecule has 3 nitrogen and oxygen atoms in total. The van der Waals surface area contributed by atoms with E-state index < -0.39 is 0 Å². The van der Waals surface area contributed by atoms with E-state index >= 15 is 0 Å². The van der Waals surface area contributed by atoms with Crippen molar-refractivity contribution in [3.8, 4) is 0 Å². The number of hydrogen-bond acceptors (Lipinski definition) is 2.